The number of alkyl halides is 1. The molecule has 1 fully saturated rings. The summed E-state index contributed by atoms with van der Waals surface area (Å²) in [7, 11) is -3.05. The summed E-state index contributed by atoms with van der Waals surface area (Å²) >= 11 is 3.43. The topological polar surface area (TPSA) is 46.2 Å². The third-order valence-electron chi connectivity index (χ3n) is 2.87. The van der Waals surface area contributed by atoms with E-state index in [2.05, 4.69) is 20.7 Å². The van der Waals surface area contributed by atoms with Crippen LogP contribution < -0.4 is 4.72 Å². The van der Waals surface area contributed by atoms with Gasteiger partial charge in [0.25, 0.3) is 0 Å². The lowest BCUT2D eigenvalue weighted by Crippen LogP contribution is -2.33. The molecule has 0 aliphatic heterocycles. The van der Waals surface area contributed by atoms with Gasteiger partial charge in [0.15, 0.2) is 0 Å². The number of hydrogen-bond acceptors (Lipinski definition) is 2. The van der Waals surface area contributed by atoms with Crippen molar-refractivity contribution in [3.8, 4) is 0 Å². The van der Waals surface area contributed by atoms with Crippen molar-refractivity contribution in [1.82, 2.24) is 4.72 Å². The van der Waals surface area contributed by atoms with E-state index >= 15 is 0 Å². The van der Waals surface area contributed by atoms with Crippen molar-refractivity contribution < 1.29 is 8.42 Å². The van der Waals surface area contributed by atoms with Gasteiger partial charge in [0.05, 0.1) is 5.75 Å². The molecular formula is C10H20BrNO2S. The molecule has 90 valence electrons. The average Bonchev–Trinajstić information content (AvgIpc) is 2.93. The second kappa shape index (κ2) is 5.15. The average molecular weight is 298 g/mol. The van der Waals surface area contributed by atoms with Gasteiger partial charge < -0.3 is 0 Å². The fourth-order valence-electron chi connectivity index (χ4n) is 1.26. The lowest BCUT2D eigenvalue weighted by atomic mass is 10.1. The van der Waals surface area contributed by atoms with Crippen LogP contribution in [0.25, 0.3) is 0 Å². The standard InChI is InChI=1S/C10H20BrNO2S/c1-9(2)3-6-15(13,14)12-8-10(7-11)4-5-10/h9,12H,3-8H2,1-2H3. The molecule has 15 heavy (non-hydrogen) atoms. The molecule has 0 aromatic carbocycles. The van der Waals surface area contributed by atoms with Gasteiger partial charge in [-0.05, 0) is 30.6 Å². The molecule has 0 aromatic heterocycles. The summed E-state index contributed by atoms with van der Waals surface area (Å²) < 4.78 is 25.9. The second-order valence-electron chi connectivity index (χ2n) is 4.96. The summed E-state index contributed by atoms with van der Waals surface area (Å²) in [6.07, 6.45) is 2.99. The van der Waals surface area contributed by atoms with Crippen molar-refractivity contribution in [3.63, 3.8) is 0 Å². The summed E-state index contributed by atoms with van der Waals surface area (Å²) in [5.74, 6) is 0.691. The largest absolute Gasteiger partial charge is 0.215 e. The van der Waals surface area contributed by atoms with Gasteiger partial charge in [0.2, 0.25) is 10.0 Å². The summed E-state index contributed by atoms with van der Waals surface area (Å²) in [6, 6.07) is 0. The van der Waals surface area contributed by atoms with Gasteiger partial charge in [-0.1, -0.05) is 29.8 Å². The highest BCUT2D eigenvalue weighted by Gasteiger charge is 2.41. The zero-order chi connectivity index (χ0) is 11.5. The molecule has 3 nitrogen and oxygen atoms in total. The Morgan fingerprint density at radius 1 is 1.40 bits per heavy atom. The zero-order valence-electron chi connectivity index (χ0n) is 9.42. The quantitative estimate of drug-likeness (QED) is 0.732. The molecular weight excluding hydrogens is 278 g/mol. The predicted octanol–water partition coefficient (Wildman–Crippen LogP) is 2.13. The fraction of sp³-hybridized carbons (Fsp3) is 1.00. The molecule has 1 aliphatic carbocycles. The number of rotatable bonds is 7. The third-order valence-corrected chi connectivity index (χ3v) is 5.42. The highest BCUT2D eigenvalue weighted by atomic mass is 79.9. The molecule has 1 N–H and O–H groups in total. The maximum atomic E-state index is 11.6. The monoisotopic (exact) mass is 297 g/mol. The smallest absolute Gasteiger partial charge is 0.211 e. The molecule has 0 aromatic rings. The lowest BCUT2D eigenvalue weighted by Gasteiger charge is -2.13. The van der Waals surface area contributed by atoms with E-state index in [0.717, 1.165) is 24.6 Å². The van der Waals surface area contributed by atoms with E-state index in [4.69, 9.17) is 0 Å². The Kier molecular flexibility index (Phi) is 4.62. The number of halogens is 1. The summed E-state index contributed by atoms with van der Waals surface area (Å²) in [5, 5.41) is 0.896. The molecule has 0 unspecified atom stereocenters. The molecule has 5 heteroatoms. The van der Waals surface area contributed by atoms with Crippen LogP contribution in [0.4, 0.5) is 0 Å². The molecule has 0 spiro atoms. The van der Waals surface area contributed by atoms with Crippen molar-refractivity contribution >= 4 is 26.0 Å². The van der Waals surface area contributed by atoms with Crippen LogP contribution in [-0.4, -0.2) is 26.0 Å². The summed E-state index contributed by atoms with van der Waals surface area (Å²) in [5.41, 5.74) is 0.213. The van der Waals surface area contributed by atoms with Crippen LogP contribution in [0.5, 0.6) is 0 Å². The maximum absolute atomic E-state index is 11.6. The van der Waals surface area contributed by atoms with Crippen LogP contribution in [0.15, 0.2) is 0 Å². The Balaban J connectivity index is 2.30. The van der Waals surface area contributed by atoms with Gasteiger partial charge in [-0.3, -0.25) is 0 Å². The molecule has 1 rings (SSSR count). The van der Waals surface area contributed by atoms with Crippen molar-refractivity contribution in [2.24, 2.45) is 11.3 Å². The minimum Gasteiger partial charge on any atom is -0.215 e. The van der Waals surface area contributed by atoms with Crippen LogP contribution >= 0.6 is 15.9 Å². The van der Waals surface area contributed by atoms with Gasteiger partial charge in [-0.25, -0.2) is 13.1 Å². The molecule has 0 saturated heterocycles. The molecule has 0 radical (unpaired) electrons. The van der Waals surface area contributed by atoms with Crippen LogP contribution in [0.1, 0.15) is 33.1 Å². The molecule has 0 atom stereocenters. The molecule has 0 bridgehead atoms. The first-order chi connectivity index (χ1) is 6.89. The van der Waals surface area contributed by atoms with Crippen LogP contribution in [0.2, 0.25) is 0 Å². The van der Waals surface area contributed by atoms with Gasteiger partial charge >= 0.3 is 0 Å². The first-order valence-electron chi connectivity index (χ1n) is 5.42. The van der Waals surface area contributed by atoms with Gasteiger partial charge in [-0.15, -0.1) is 0 Å². The van der Waals surface area contributed by atoms with Crippen molar-refractivity contribution in [3.05, 3.63) is 0 Å². The minimum atomic E-state index is -3.05. The predicted molar refractivity (Wildman–Crippen MR) is 66.7 cm³/mol. The van der Waals surface area contributed by atoms with E-state index < -0.39 is 10.0 Å². The van der Waals surface area contributed by atoms with Crippen molar-refractivity contribution in [2.45, 2.75) is 33.1 Å². The van der Waals surface area contributed by atoms with E-state index in [0.29, 0.717) is 12.5 Å². The Hall–Kier alpha value is 0.390. The summed E-state index contributed by atoms with van der Waals surface area (Å²) in [6.45, 7) is 4.67. The normalized spacial score (nSPS) is 19.5. The SMILES string of the molecule is CC(C)CCS(=O)(=O)NCC1(CBr)CC1. The van der Waals surface area contributed by atoms with Crippen LogP contribution in [0, 0.1) is 11.3 Å². The Bertz CT molecular complexity index is 297. The number of sulfonamides is 1. The van der Waals surface area contributed by atoms with E-state index in [1.807, 2.05) is 13.8 Å². The van der Waals surface area contributed by atoms with Gasteiger partial charge in [-0.2, -0.15) is 0 Å². The zero-order valence-corrected chi connectivity index (χ0v) is 11.8. The highest BCUT2D eigenvalue weighted by Crippen LogP contribution is 2.46. The van der Waals surface area contributed by atoms with Gasteiger partial charge in [0.1, 0.15) is 0 Å². The first kappa shape index (κ1) is 13.5. The van der Waals surface area contributed by atoms with Crippen LogP contribution in [0.3, 0.4) is 0 Å². The minimum absolute atomic E-state index is 0.213. The number of nitrogens with one attached hydrogen (secondary N) is 1. The Morgan fingerprint density at radius 2 is 2.00 bits per heavy atom. The summed E-state index contributed by atoms with van der Waals surface area (Å²) in [4.78, 5) is 0. The van der Waals surface area contributed by atoms with Crippen molar-refractivity contribution in [2.75, 3.05) is 17.6 Å². The second-order valence-corrected chi connectivity index (χ2v) is 7.44. The molecule has 1 saturated carbocycles. The molecule has 0 heterocycles. The lowest BCUT2D eigenvalue weighted by molar-refractivity contribution is 0.530. The third kappa shape index (κ3) is 4.83. The molecule has 0 amide bonds. The fourth-order valence-corrected chi connectivity index (χ4v) is 3.47. The highest BCUT2D eigenvalue weighted by molar-refractivity contribution is 9.09. The van der Waals surface area contributed by atoms with E-state index in [1.54, 1.807) is 0 Å². The Labute approximate surface area is 101 Å². The van der Waals surface area contributed by atoms with E-state index in [9.17, 15) is 8.42 Å². The van der Waals surface area contributed by atoms with Gasteiger partial charge in [0, 0.05) is 11.9 Å². The number of hydrogen-bond donors (Lipinski definition) is 1. The first-order valence-corrected chi connectivity index (χ1v) is 8.20. The Morgan fingerprint density at radius 3 is 2.40 bits per heavy atom. The maximum Gasteiger partial charge on any atom is 0.211 e. The van der Waals surface area contributed by atoms with Crippen molar-refractivity contribution in [1.29, 1.82) is 0 Å². The van der Waals surface area contributed by atoms with E-state index in [-0.39, 0.29) is 11.2 Å². The molecule has 1 aliphatic rings. The van der Waals surface area contributed by atoms with E-state index in [1.165, 1.54) is 0 Å². The van der Waals surface area contributed by atoms with Crippen LogP contribution in [-0.2, 0) is 10.0 Å².